The summed E-state index contributed by atoms with van der Waals surface area (Å²) in [5.74, 6) is -0.683. The Morgan fingerprint density at radius 1 is 1.06 bits per heavy atom. The van der Waals surface area contributed by atoms with E-state index in [0.29, 0.717) is 47.5 Å². The van der Waals surface area contributed by atoms with Crippen LogP contribution in [0.5, 0.6) is 0 Å². The van der Waals surface area contributed by atoms with Crippen LogP contribution in [0, 0.1) is 11.6 Å². The molecular formula is C23H17F2N7O. The van der Waals surface area contributed by atoms with Crippen LogP contribution in [0.1, 0.15) is 24.7 Å². The number of aromatic amines is 1. The Balaban J connectivity index is 1.63. The van der Waals surface area contributed by atoms with Crippen molar-refractivity contribution >= 4 is 27.9 Å². The second kappa shape index (κ2) is 7.44. The number of H-pyrrole nitrogens is 1. The monoisotopic (exact) mass is 445 g/mol. The topological polar surface area (TPSA) is 92.6 Å². The number of anilines is 1. The Labute approximate surface area is 185 Å². The van der Waals surface area contributed by atoms with E-state index >= 15 is 0 Å². The lowest BCUT2D eigenvalue weighted by atomic mass is 10.1. The van der Waals surface area contributed by atoms with Crippen LogP contribution in [0.15, 0.2) is 59.9 Å². The summed E-state index contributed by atoms with van der Waals surface area (Å²) in [5, 5.41) is -0.244. The minimum absolute atomic E-state index is 0.0131. The molecule has 2 aromatic carbocycles. The van der Waals surface area contributed by atoms with Crippen molar-refractivity contribution in [1.29, 1.82) is 0 Å². The molecule has 5 aromatic rings. The van der Waals surface area contributed by atoms with Gasteiger partial charge in [0.15, 0.2) is 11.5 Å². The lowest BCUT2D eigenvalue weighted by Crippen LogP contribution is -2.32. The molecule has 164 valence electrons. The van der Waals surface area contributed by atoms with E-state index in [0.717, 1.165) is 12.5 Å². The number of nitrogens with one attached hydrogen (secondary N) is 1. The number of nitrogens with zero attached hydrogens (tertiary/aromatic N) is 6. The molecule has 3 aromatic heterocycles. The standard InChI is InChI=1S/C23H17F2N7O/c24-13-9-15(25)18-16(10-13)30-21(32(23(18)33)14-5-2-1-3-6-14)17-7-4-8-31(17)22-19-20(27-11-26-19)28-12-29-22/h1-3,5-6,9-12,17H,4,7-8H2,(H,26,27,28,29)/t17-/m0/s1. The van der Waals surface area contributed by atoms with Crippen molar-refractivity contribution in [2.24, 2.45) is 0 Å². The van der Waals surface area contributed by atoms with Crippen LogP contribution < -0.4 is 10.5 Å². The van der Waals surface area contributed by atoms with Gasteiger partial charge in [0, 0.05) is 18.7 Å². The fourth-order valence-corrected chi connectivity index (χ4v) is 4.56. The van der Waals surface area contributed by atoms with Gasteiger partial charge >= 0.3 is 0 Å². The van der Waals surface area contributed by atoms with Gasteiger partial charge in [0.25, 0.3) is 5.56 Å². The van der Waals surface area contributed by atoms with Crippen molar-refractivity contribution in [3.05, 3.63) is 82.9 Å². The van der Waals surface area contributed by atoms with Crippen LogP contribution in [0.25, 0.3) is 27.8 Å². The van der Waals surface area contributed by atoms with E-state index < -0.39 is 17.2 Å². The third kappa shape index (κ3) is 3.05. The predicted molar refractivity (Wildman–Crippen MR) is 118 cm³/mol. The first-order valence-corrected chi connectivity index (χ1v) is 10.5. The first-order chi connectivity index (χ1) is 16.1. The SMILES string of the molecule is O=c1c2c(F)cc(F)cc2nc([C@@H]2CCCN2c2ncnc3nc[nH]c23)n1-c1ccccc1. The van der Waals surface area contributed by atoms with E-state index in [2.05, 4.69) is 24.9 Å². The number of hydrogen-bond acceptors (Lipinski definition) is 6. The number of aromatic nitrogens is 6. The highest BCUT2D eigenvalue weighted by Gasteiger charge is 2.33. The van der Waals surface area contributed by atoms with E-state index in [9.17, 15) is 13.6 Å². The average molecular weight is 445 g/mol. The summed E-state index contributed by atoms with van der Waals surface area (Å²) < 4.78 is 30.1. The lowest BCUT2D eigenvalue weighted by Gasteiger charge is -2.27. The van der Waals surface area contributed by atoms with Gasteiger partial charge in [0.2, 0.25) is 0 Å². The van der Waals surface area contributed by atoms with Gasteiger partial charge in [0.05, 0.1) is 23.6 Å². The van der Waals surface area contributed by atoms with Gasteiger partial charge < -0.3 is 9.88 Å². The highest BCUT2D eigenvalue weighted by atomic mass is 19.1. The lowest BCUT2D eigenvalue weighted by molar-refractivity contribution is 0.586. The zero-order chi connectivity index (χ0) is 22.5. The van der Waals surface area contributed by atoms with Crippen molar-refractivity contribution in [3.8, 4) is 5.69 Å². The summed E-state index contributed by atoms with van der Waals surface area (Å²) in [6.07, 6.45) is 4.50. The maximum Gasteiger partial charge on any atom is 0.269 e. The normalized spacial score (nSPS) is 16.2. The third-order valence-electron chi connectivity index (χ3n) is 5.96. The zero-order valence-corrected chi connectivity index (χ0v) is 17.2. The Hall–Kier alpha value is -4.21. The first kappa shape index (κ1) is 19.5. The third-order valence-corrected chi connectivity index (χ3v) is 5.96. The fourth-order valence-electron chi connectivity index (χ4n) is 4.56. The molecule has 0 bridgehead atoms. The molecule has 0 unspecified atom stereocenters. The molecule has 10 heteroatoms. The summed E-state index contributed by atoms with van der Waals surface area (Å²) in [4.78, 5) is 36.1. The minimum Gasteiger partial charge on any atom is -0.345 e. The smallest absolute Gasteiger partial charge is 0.269 e. The Kier molecular flexibility index (Phi) is 4.39. The van der Waals surface area contributed by atoms with Crippen molar-refractivity contribution in [3.63, 3.8) is 0 Å². The Morgan fingerprint density at radius 2 is 1.91 bits per heavy atom. The number of halogens is 2. The molecule has 1 N–H and O–H groups in total. The Morgan fingerprint density at radius 3 is 2.76 bits per heavy atom. The summed E-state index contributed by atoms with van der Waals surface area (Å²) in [6, 6.07) is 10.4. The number of benzene rings is 2. The molecule has 0 saturated carbocycles. The van der Waals surface area contributed by atoms with Crippen molar-refractivity contribution in [2.75, 3.05) is 11.4 Å². The zero-order valence-electron chi connectivity index (χ0n) is 17.2. The summed E-state index contributed by atoms with van der Waals surface area (Å²) >= 11 is 0. The van der Waals surface area contributed by atoms with Crippen LogP contribution in [0.3, 0.4) is 0 Å². The van der Waals surface area contributed by atoms with Gasteiger partial charge in [-0.2, -0.15) is 0 Å². The predicted octanol–water partition coefficient (Wildman–Crippen LogP) is 3.67. The molecule has 0 radical (unpaired) electrons. The molecule has 0 amide bonds. The minimum atomic E-state index is -0.933. The highest BCUT2D eigenvalue weighted by Crippen LogP contribution is 2.37. The number of para-hydroxylation sites is 1. The first-order valence-electron chi connectivity index (χ1n) is 10.5. The van der Waals surface area contributed by atoms with Gasteiger partial charge in [-0.25, -0.2) is 28.7 Å². The molecule has 1 saturated heterocycles. The molecule has 1 fully saturated rings. The van der Waals surface area contributed by atoms with Crippen LogP contribution in [0.2, 0.25) is 0 Å². The maximum absolute atomic E-state index is 14.7. The quantitative estimate of drug-likeness (QED) is 0.456. The van der Waals surface area contributed by atoms with Crippen molar-refractivity contribution < 1.29 is 8.78 Å². The molecule has 1 aliphatic rings. The molecule has 33 heavy (non-hydrogen) atoms. The average Bonchev–Trinajstić information content (AvgIpc) is 3.48. The van der Waals surface area contributed by atoms with Gasteiger partial charge in [-0.3, -0.25) is 9.36 Å². The fraction of sp³-hybridized carbons (Fsp3) is 0.174. The molecule has 0 aliphatic carbocycles. The number of rotatable bonds is 3. The molecule has 1 atom stereocenters. The van der Waals surface area contributed by atoms with E-state index in [1.165, 1.54) is 10.9 Å². The van der Waals surface area contributed by atoms with Gasteiger partial charge in [-0.15, -0.1) is 0 Å². The van der Waals surface area contributed by atoms with Crippen LogP contribution >= 0.6 is 0 Å². The molecule has 6 rings (SSSR count). The molecule has 4 heterocycles. The van der Waals surface area contributed by atoms with Crippen molar-refractivity contribution in [2.45, 2.75) is 18.9 Å². The van der Waals surface area contributed by atoms with Crippen LogP contribution in [-0.4, -0.2) is 36.0 Å². The summed E-state index contributed by atoms with van der Waals surface area (Å²) in [6.45, 7) is 0.663. The second-order valence-electron chi connectivity index (χ2n) is 7.88. The molecule has 1 aliphatic heterocycles. The van der Waals surface area contributed by atoms with E-state index in [-0.39, 0.29) is 16.9 Å². The number of imidazole rings is 1. The summed E-state index contributed by atoms with van der Waals surface area (Å²) in [7, 11) is 0. The maximum atomic E-state index is 14.7. The summed E-state index contributed by atoms with van der Waals surface area (Å²) in [5.41, 5.74) is 1.16. The van der Waals surface area contributed by atoms with Crippen LogP contribution in [0.4, 0.5) is 14.6 Å². The molecule has 0 spiro atoms. The van der Waals surface area contributed by atoms with Gasteiger partial charge in [-0.05, 0) is 25.0 Å². The highest BCUT2D eigenvalue weighted by molar-refractivity contribution is 5.83. The molecular weight excluding hydrogens is 428 g/mol. The van der Waals surface area contributed by atoms with E-state index in [1.807, 2.05) is 11.0 Å². The Bertz CT molecular complexity index is 1560. The van der Waals surface area contributed by atoms with Gasteiger partial charge in [-0.1, -0.05) is 18.2 Å². The van der Waals surface area contributed by atoms with E-state index in [4.69, 9.17) is 0 Å². The van der Waals surface area contributed by atoms with E-state index in [1.54, 1.807) is 30.6 Å². The largest absolute Gasteiger partial charge is 0.345 e. The second-order valence-corrected chi connectivity index (χ2v) is 7.88. The van der Waals surface area contributed by atoms with Crippen LogP contribution in [-0.2, 0) is 0 Å². The number of hydrogen-bond donors (Lipinski definition) is 1. The van der Waals surface area contributed by atoms with Crippen molar-refractivity contribution in [1.82, 2.24) is 29.5 Å². The molecule has 8 nitrogen and oxygen atoms in total. The van der Waals surface area contributed by atoms with Gasteiger partial charge in [0.1, 0.15) is 34.7 Å². The number of fused-ring (bicyclic) bond motifs is 2.